The van der Waals surface area contributed by atoms with Gasteiger partial charge in [0.1, 0.15) is 28.5 Å². The van der Waals surface area contributed by atoms with Crippen LogP contribution in [0.3, 0.4) is 0 Å². The summed E-state index contributed by atoms with van der Waals surface area (Å²) in [6, 6.07) is 40.9. The number of pyridine rings is 3. The molecule has 0 unspecified atom stereocenters. The normalized spacial score (nSPS) is 11.0. The van der Waals surface area contributed by atoms with Crippen LogP contribution in [0.1, 0.15) is 66.8 Å². The van der Waals surface area contributed by atoms with Gasteiger partial charge in [-0.25, -0.2) is 39.9 Å². The van der Waals surface area contributed by atoms with Crippen molar-refractivity contribution in [2.75, 3.05) is 0 Å². The highest BCUT2D eigenvalue weighted by molar-refractivity contribution is 7.18. The third kappa shape index (κ3) is 13.8. The molecule has 0 aliphatic heterocycles. The van der Waals surface area contributed by atoms with E-state index in [9.17, 15) is 0 Å². The summed E-state index contributed by atoms with van der Waals surface area (Å²) in [7, 11) is 0. The number of nitrogens with one attached hydrogen (secondary N) is 3. The maximum absolute atomic E-state index is 5.34. The molecule has 0 fully saturated rings. The van der Waals surface area contributed by atoms with Crippen LogP contribution in [-0.2, 0) is 0 Å². The van der Waals surface area contributed by atoms with Gasteiger partial charge in [-0.2, -0.15) is 0 Å². The van der Waals surface area contributed by atoms with E-state index in [4.69, 9.17) is 8.83 Å². The largest absolute Gasteiger partial charge is 0.441 e. The number of aromatic amines is 3. The van der Waals surface area contributed by atoms with E-state index in [1.807, 2.05) is 141 Å². The predicted molar refractivity (Wildman–Crippen MR) is 330 cm³/mol. The highest BCUT2D eigenvalue weighted by Crippen LogP contribution is 2.26. The number of benzene rings is 5. The van der Waals surface area contributed by atoms with Gasteiger partial charge in [0.2, 0.25) is 0 Å². The number of thiazole rings is 2. The SMILES string of the molecule is Cc1ccc(-c2ccc(-c3nc4nc5nc(C)[nH]c5cc4[nH]3)cn2)nc1.Cc1ccc2nc(C)[nH]c2c1.Cc1ccc2nc(C)oc2c1.Cc1ccc2nc(C)sc2c1.Cc1ccc2oc(C)nc2c1.Cc1ccc2sc(C)nc2c1. The van der Waals surface area contributed by atoms with Crippen LogP contribution in [0.5, 0.6) is 0 Å². The smallest absolute Gasteiger partial charge is 0.192 e. The molecule has 3 N–H and O–H groups in total. The van der Waals surface area contributed by atoms with Crippen LogP contribution < -0.4 is 0 Å². The average Bonchev–Trinajstić information content (AvgIpc) is 4.53. The molecule has 15 nitrogen and oxygen atoms in total. The fourth-order valence-electron chi connectivity index (χ4n) is 8.78. The van der Waals surface area contributed by atoms with E-state index in [1.54, 1.807) is 28.9 Å². The molecule has 0 aliphatic carbocycles. The van der Waals surface area contributed by atoms with Crippen molar-refractivity contribution in [2.24, 2.45) is 0 Å². The summed E-state index contributed by atoms with van der Waals surface area (Å²) in [5, 5.41) is 2.29. The number of hydrogen-bond donors (Lipinski definition) is 3. The Morgan fingerprint density at radius 3 is 1.62 bits per heavy atom. The first-order valence-electron chi connectivity index (χ1n) is 26.3. The number of aromatic nitrogens is 13. The maximum Gasteiger partial charge on any atom is 0.192 e. The van der Waals surface area contributed by atoms with Crippen molar-refractivity contribution < 1.29 is 8.83 Å². The van der Waals surface area contributed by atoms with Gasteiger partial charge in [-0.3, -0.25) is 9.97 Å². The molecular weight excluding hydrogens is 1050 g/mol. The second kappa shape index (κ2) is 24.0. The van der Waals surface area contributed by atoms with Gasteiger partial charge in [0.25, 0.3) is 0 Å². The fraction of sp³-hybridized carbons (Fsp3) is 0.188. The monoisotopic (exact) mass is 1110 g/mol. The molecule has 0 saturated carbocycles. The van der Waals surface area contributed by atoms with Gasteiger partial charge in [0.05, 0.1) is 63.9 Å². The quantitative estimate of drug-likeness (QED) is 0.148. The van der Waals surface area contributed by atoms with Crippen LogP contribution in [0.4, 0.5) is 0 Å². The topological polar surface area (TPSA) is 203 Å². The molecule has 0 atom stereocenters. The van der Waals surface area contributed by atoms with E-state index in [-0.39, 0.29) is 0 Å². The number of nitrogens with zero attached hydrogens (tertiary/aromatic N) is 10. The highest BCUT2D eigenvalue weighted by atomic mass is 32.1. The zero-order valence-electron chi connectivity index (χ0n) is 47.3. The van der Waals surface area contributed by atoms with Gasteiger partial charge in [0.15, 0.2) is 34.2 Å². The number of oxazole rings is 2. The second-order valence-corrected chi connectivity index (χ2v) is 22.4. The third-order valence-electron chi connectivity index (χ3n) is 12.6. The number of fused-ring (bicyclic) bond motifs is 7. The van der Waals surface area contributed by atoms with E-state index in [0.29, 0.717) is 11.3 Å². The molecule has 0 amide bonds. The zero-order chi connectivity index (χ0) is 56.9. The first kappa shape index (κ1) is 55.0. The van der Waals surface area contributed by atoms with Crippen LogP contribution in [0.2, 0.25) is 0 Å². The molecule has 15 rings (SSSR count). The molecule has 0 spiro atoms. The highest BCUT2D eigenvalue weighted by Gasteiger charge is 2.12. The van der Waals surface area contributed by atoms with Crippen molar-refractivity contribution >= 4 is 98.7 Å². The van der Waals surface area contributed by atoms with Crippen LogP contribution in [-0.4, -0.2) is 64.8 Å². The lowest BCUT2D eigenvalue weighted by molar-refractivity contribution is 0.560. The minimum absolute atomic E-state index is 0.642. The van der Waals surface area contributed by atoms with Crippen molar-refractivity contribution in [1.82, 2.24) is 64.8 Å². The van der Waals surface area contributed by atoms with Gasteiger partial charge in [0, 0.05) is 31.8 Å². The van der Waals surface area contributed by atoms with Crippen molar-refractivity contribution in [3.8, 4) is 22.8 Å². The Morgan fingerprint density at radius 1 is 0.346 bits per heavy atom. The summed E-state index contributed by atoms with van der Waals surface area (Å²) in [4.78, 5) is 53.5. The number of imidazole rings is 3. The Morgan fingerprint density at radius 2 is 0.889 bits per heavy atom. The molecule has 81 heavy (non-hydrogen) atoms. The Balaban J connectivity index is 0.000000115. The fourth-order valence-corrected chi connectivity index (χ4v) is 10.5. The Kier molecular flexibility index (Phi) is 16.3. The van der Waals surface area contributed by atoms with E-state index < -0.39 is 0 Å². The lowest BCUT2D eigenvalue weighted by Crippen LogP contribution is -1.89. The van der Waals surface area contributed by atoms with Crippen molar-refractivity contribution in [3.05, 3.63) is 201 Å². The molecule has 0 bridgehead atoms. The summed E-state index contributed by atoms with van der Waals surface area (Å²) < 4.78 is 13.2. The van der Waals surface area contributed by atoms with Crippen LogP contribution >= 0.6 is 22.7 Å². The maximum atomic E-state index is 5.34. The van der Waals surface area contributed by atoms with Crippen LogP contribution in [0, 0.1) is 83.1 Å². The van der Waals surface area contributed by atoms with E-state index in [2.05, 4.69) is 134 Å². The van der Waals surface area contributed by atoms with Gasteiger partial charge >= 0.3 is 0 Å². The molecule has 0 saturated heterocycles. The first-order valence-corrected chi connectivity index (χ1v) is 28.0. The zero-order valence-corrected chi connectivity index (χ0v) is 48.9. The molecule has 406 valence electrons. The molecule has 0 aliphatic rings. The van der Waals surface area contributed by atoms with Gasteiger partial charge in [-0.1, -0.05) is 36.4 Å². The number of rotatable bonds is 2. The minimum atomic E-state index is 0.642. The minimum Gasteiger partial charge on any atom is -0.441 e. The lowest BCUT2D eigenvalue weighted by Gasteiger charge is -2.01. The van der Waals surface area contributed by atoms with Crippen LogP contribution in [0.15, 0.2) is 143 Å². The number of H-pyrrole nitrogens is 3. The summed E-state index contributed by atoms with van der Waals surface area (Å²) in [6.45, 7) is 24.0. The predicted octanol–water partition coefficient (Wildman–Crippen LogP) is 16.5. The average molecular weight is 1110 g/mol. The van der Waals surface area contributed by atoms with E-state index in [1.165, 1.54) is 37.2 Å². The molecule has 5 aromatic carbocycles. The molecule has 17 heteroatoms. The summed E-state index contributed by atoms with van der Waals surface area (Å²) in [6.07, 6.45) is 3.64. The standard InChI is InChI=1S/C19H15N7.C9H10N2.2C9H9NO.2C9H9NS/c1-10-3-5-13(20-8-10)14-6-4-12(9-21-14)17-24-16-7-15-18(23-11(2)22-15)26-19(16)25-17;1-6-3-4-8-9(5-6)11-7(2)10-8;1-6-3-4-9-8(5-6)10-7(2)11-9;1-6-3-4-8-9(5-6)11-7(2)10-8;1-6-3-4-9-8(5-6)10-7(2)11-9;1-6-3-4-8-9(5-6)11-7(2)10-8/h3-9H,1-2H3,(H2,22,23,24,25,26);3-5H,1-2H3,(H,10,11);4*3-5H,1-2H3. The van der Waals surface area contributed by atoms with Crippen molar-refractivity contribution in [3.63, 3.8) is 0 Å². The molecule has 10 heterocycles. The van der Waals surface area contributed by atoms with E-state index in [0.717, 1.165) is 117 Å². The lowest BCUT2D eigenvalue weighted by atomic mass is 10.2. The van der Waals surface area contributed by atoms with Crippen LogP contribution in [0.25, 0.3) is 98.8 Å². The molecule has 15 aromatic rings. The second-order valence-electron chi connectivity index (χ2n) is 20.0. The third-order valence-corrected chi connectivity index (χ3v) is 14.5. The Labute approximate surface area is 476 Å². The Bertz CT molecular complexity index is 4130. The summed E-state index contributed by atoms with van der Waals surface area (Å²) in [5.41, 5.74) is 21.1. The number of aryl methyl sites for hydroxylation is 12. The van der Waals surface area contributed by atoms with E-state index >= 15 is 0 Å². The number of hydrogen-bond acceptors (Lipinski definition) is 14. The molecular formula is C64H61N13O2S2. The van der Waals surface area contributed by atoms with Gasteiger partial charge < -0.3 is 23.8 Å². The van der Waals surface area contributed by atoms with Crippen molar-refractivity contribution in [2.45, 2.75) is 83.1 Å². The summed E-state index contributed by atoms with van der Waals surface area (Å²) >= 11 is 3.50. The van der Waals surface area contributed by atoms with Crippen molar-refractivity contribution in [1.29, 1.82) is 0 Å². The Hall–Kier alpha value is -9.32. The summed E-state index contributed by atoms with van der Waals surface area (Å²) in [5.74, 6) is 4.00. The van der Waals surface area contributed by atoms with Gasteiger partial charge in [-0.15, -0.1) is 22.7 Å². The molecule has 10 aromatic heterocycles. The first-order chi connectivity index (χ1) is 38.9. The molecule has 0 radical (unpaired) electrons. The van der Waals surface area contributed by atoms with Gasteiger partial charge in [-0.05, 0) is 188 Å².